The maximum atomic E-state index is 13.3. The molecule has 0 unspecified atom stereocenters. The van der Waals surface area contributed by atoms with Gasteiger partial charge in [0, 0.05) is 13.1 Å². The Morgan fingerprint density at radius 2 is 1.59 bits per heavy atom. The molecule has 4 fully saturated rings. The average Bonchev–Trinajstić information content (AvgIpc) is 2.95. The van der Waals surface area contributed by atoms with Gasteiger partial charge in [-0.3, -0.25) is 29.5 Å². The topological polar surface area (TPSA) is 107 Å². The summed E-state index contributed by atoms with van der Waals surface area (Å²) in [6, 6.07) is -2.20. The normalized spacial score (nSPS) is 30.5. The fourth-order valence-electron chi connectivity index (χ4n) is 6.12. The first-order valence-corrected chi connectivity index (χ1v) is 14.1. The van der Waals surface area contributed by atoms with E-state index in [1.807, 2.05) is 13.8 Å². The number of thioether (sulfide) groups is 2. The van der Waals surface area contributed by atoms with Crippen LogP contribution >= 0.6 is 23.5 Å². The molecule has 2 aliphatic carbocycles. The van der Waals surface area contributed by atoms with Crippen molar-refractivity contribution in [1.29, 1.82) is 0 Å². The van der Waals surface area contributed by atoms with Gasteiger partial charge in [-0.15, -0.1) is 23.5 Å². The van der Waals surface area contributed by atoms with Crippen molar-refractivity contribution in [3.8, 4) is 0 Å². The third-order valence-corrected chi connectivity index (χ3v) is 9.86. The molecule has 14 heteroatoms. The average molecular weight is 563 g/mol. The minimum atomic E-state index is -4.63. The Kier molecular flexibility index (Phi) is 7.38. The fourth-order valence-corrected chi connectivity index (χ4v) is 8.34. The van der Waals surface area contributed by atoms with Crippen LogP contribution in [0.1, 0.15) is 52.4 Å². The number of nitrogens with zero attached hydrogens (tertiary/aromatic N) is 3. The number of carbonyl (C=O) groups excluding carboxylic acids is 5. The first-order valence-electron chi connectivity index (χ1n) is 12.1. The number of hydrogen-bond donors (Lipinski definition) is 1. The molecule has 1 N–H and O–H groups in total. The molecule has 204 valence electrons. The Labute approximate surface area is 220 Å². The molecule has 0 atom stereocenters. The summed E-state index contributed by atoms with van der Waals surface area (Å²) in [6.07, 6.45) is -2.65. The SMILES string of the molecule is CCSC(SCC)=C1C(=O)NC(=O)N(C2CCC3(CC2)CC2(C3)C(=O)N(C)C(=O)N2CC(F)(F)F)C1=O. The van der Waals surface area contributed by atoms with Crippen molar-refractivity contribution in [3.63, 3.8) is 0 Å². The lowest BCUT2D eigenvalue weighted by molar-refractivity contribution is -0.173. The standard InChI is InChI=1S/C23H29F3N4O5S2/c1-4-36-17(37-5-2)14-15(31)27-19(34)30(16(14)32)13-6-8-21(9-7-13)10-22(11-21)18(33)28(3)20(35)29(22)12-23(24,25)26/h13H,4-12H2,1-3H3,(H,27,31,34). The molecule has 2 saturated carbocycles. The molecule has 2 saturated heterocycles. The number of amides is 7. The third kappa shape index (κ3) is 4.75. The van der Waals surface area contributed by atoms with Gasteiger partial charge in [0.15, 0.2) is 0 Å². The molecule has 4 aliphatic rings. The van der Waals surface area contributed by atoms with Gasteiger partial charge < -0.3 is 4.90 Å². The van der Waals surface area contributed by atoms with E-state index in [0.717, 1.165) is 9.80 Å². The van der Waals surface area contributed by atoms with Gasteiger partial charge in [0.1, 0.15) is 17.7 Å². The zero-order valence-electron chi connectivity index (χ0n) is 20.8. The van der Waals surface area contributed by atoms with Crippen LogP contribution in [0.4, 0.5) is 22.8 Å². The highest BCUT2D eigenvalue weighted by atomic mass is 32.2. The Morgan fingerprint density at radius 1 is 1.03 bits per heavy atom. The number of urea groups is 2. The number of barbiturate groups is 1. The van der Waals surface area contributed by atoms with Gasteiger partial charge in [-0.2, -0.15) is 13.2 Å². The van der Waals surface area contributed by atoms with Crippen LogP contribution in [-0.2, 0) is 14.4 Å². The van der Waals surface area contributed by atoms with Crippen molar-refractivity contribution < 1.29 is 37.1 Å². The summed E-state index contributed by atoms with van der Waals surface area (Å²) in [5.74, 6) is -0.672. The lowest BCUT2D eigenvalue weighted by Crippen LogP contribution is -2.66. The molecule has 4 rings (SSSR count). The highest BCUT2D eigenvalue weighted by Gasteiger charge is 2.69. The van der Waals surface area contributed by atoms with Gasteiger partial charge in [0.25, 0.3) is 17.7 Å². The summed E-state index contributed by atoms with van der Waals surface area (Å²) in [5.41, 5.74) is -1.99. The highest BCUT2D eigenvalue weighted by Crippen LogP contribution is 2.61. The number of likely N-dealkylation sites (N-methyl/N-ethyl adjacent to an activating group) is 1. The third-order valence-electron chi connectivity index (χ3n) is 7.64. The van der Waals surface area contributed by atoms with Crippen molar-refractivity contribution >= 4 is 53.3 Å². The summed E-state index contributed by atoms with van der Waals surface area (Å²) in [7, 11) is 1.19. The van der Waals surface area contributed by atoms with Crippen LogP contribution in [0.5, 0.6) is 0 Å². The van der Waals surface area contributed by atoms with Crippen molar-refractivity contribution in [2.45, 2.75) is 70.1 Å². The van der Waals surface area contributed by atoms with E-state index in [1.54, 1.807) is 0 Å². The second-order valence-electron chi connectivity index (χ2n) is 9.93. The second kappa shape index (κ2) is 9.83. The number of hydrogen-bond acceptors (Lipinski definition) is 7. The number of imide groups is 3. The molecule has 0 aromatic heterocycles. The van der Waals surface area contributed by atoms with Gasteiger partial charge >= 0.3 is 18.2 Å². The largest absolute Gasteiger partial charge is 0.406 e. The summed E-state index contributed by atoms with van der Waals surface area (Å²) in [4.78, 5) is 66.3. The summed E-state index contributed by atoms with van der Waals surface area (Å²) in [5, 5.41) is 2.28. The minimum absolute atomic E-state index is 0.0397. The molecule has 2 heterocycles. The summed E-state index contributed by atoms with van der Waals surface area (Å²) < 4.78 is 40.1. The molecular formula is C23H29F3N4O5S2. The van der Waals surface area contributed by atoms with Gasteiger partial charge in [-0.1, -0.05) is 13.8 Å². The van der Waals surface area contributed by atoms with E-state index in [0.29, 0.717) is 46.3 Å². The number of halogens is 3. The Morgan fingerprint density at radius 3 is 2.11 bits per heavy atom. The molecule has 7 amide bonds. The maximum Gasteiger partial charge on any atom is 0.406 e. The molecule has 37 heavy (non-hydrogen) atoms. The lowest BCUT2D eigenvalue weighted by atomic mass is 9.51. The first-order chi connectivity index (χ1) is 17.3. The van der Waals surface area contributed by atoms with E-state index in [1.165, 1.54) is 30.6 Å². The van der Waals surface area contributed by atoms with Crippen molar-refractivity contribution in [3.05, 3.63) is 9.81 Å². The monoisotopic (exact) mass is 562 g/mol. The number of alkyl halides is 3. The maximum absolute atomic E-state index is 13.3. The quantitative estimate of drug-likeness (QED) is 0.299. The molecule has 0 radical (unpaired) electrons. The van der Waals surface area contributed by atoms with E-state index < -0.39 is 59.5 Å². The van der Waals surface area contributed by atoms with E-state index in [-0.39, 0.29) is 18.4 Å². The second-order valence-corrected chi connectivity index (χ2v) is 12.7. The van der Waals surface area contributed by atoms with Gasteiger partial charge in [-0.05, 0) is 55.4 Å². The molecule has 0 aromatic carbocycles. The Balaban J connectivity index is 1.49. The molecule has 9 nitrogen and oxygen atoms in total. The lowest BCUT2D eigenvalue weighted by Gasteiger charge is -2.58. The fraction of sp³-hybridized carbons (Fsp3) is 0.696. The molecule has 0 bridgehead atoms. The zero-order chi connectivity index (χ0) is 27.3. The Hall–Kier alpha value is -2.22. The predicted octanol–water partition coefficient (Wildman–Crippen LogP) is 3.70. The Bertz CT molecular complexity index is 1060. The molecular weight excluding hydrogens is 533 g/mol. The summed E-state index contributed by atoms with van der Waals surface area (Å²) >= 11 is 2.73. The van der Waals surface area contributed by atoms with Crippen molar-refractivity contribution in [2.75, 3.05) is 25.1 Å². The van der Waals surface area contributed by atoms with Gasteiger partial charge in [0.05, 0.1) is 4.24 Å². The van der Waals surface area contributed by atoms with E-state index in [2.05, 4.69) is 5.32 Å². The molecule has 2 spiro atoms. The van der Waals surface area contributed by atoms with Crippen LogP contribution in [-0.4, -0.2) is 87.3 Å². The van der Waals surface area contributed by atoms with Crippen LogP contribution in [0.3, 0.4) is 0 Å². The van der Waals surface area contributed by atoms with Crippen molar-refractivity contribution in [2.24, 2.45) is 5.41 Å². The smallest absolute Gasteiger partial charge is 0.300 e. The predicted molar refractivity (Wildman–Crippen MR) is 131 cm³/mol. The van der Waals surface area contributed by atoms with Crippen LogP contribution < -0.4 is 5.32 Å². The number of rotatable bonds is 6. The highest BCUT2D eigenvalue weighted by molar-refractivity contribution is 8.22. The van der Waals surface area contributed by atoms with Crippen LogP contribution in [0, 0.1) is 5.41 Å². The van der Waals surface area contributed by atoms with Crippen LogP contribution in [0.25, 0.3) is 0 Å². The number of nitrogens with one attached hydrogen (secondary N) is 1. The molecule has 0 aromatic rings. The molecule has 2 aliphatic heterocycles. The van der Waals surface area contributed by atoms with Crippen LogP contribution in [0.2, 0.25) is 0 Å². The number of carbonyl (C=O) groups is 5. The van der Waals surface area contributed by atoms with E-state index in [9.17, 15) is 37.1 Å². The van der Waals surface area contributed by atoms with Crippen molar-refractivity contribution in [1.82, 2.24) is 20.0 Å². The van der Waals surface area contributed by atoms with Gasteiger partial charge in [-0.25, -0.2) is 9.59 Å². The summed E-state index contributed by atoms with van der Waals surface area (Å²) in [6.45, 7) is 2.32. The first kappa shape index (κ1) is 27.8. The zero-order valence-corrected chi connectivity index (χ0v) is 22.4. The van der Waals surface area contributed by atoms with Crippen LogP contribution in [0.15, 0.2) is 9.81 Å². The van der Waals surface area contributed by atoms with E-state index in [4.69, 9.17) is 0 Å². The minimum Gasteiger partial charge on any atom is -0.300 e. The van der Waals surface area contributed by atoms with Gasteiger partial charge in [0.2, 0.25) is 0 Å². The van der Waals surface area contributed by atoms with E-state index >= 15 is 0 Å².